The van der Waals surface area contributed by atoms with E-state index in [1.807, 2.05) is 72.0 Å². The molecule has 0 bridgehead atoms. The van der Waals surface area contributed by atoms with Crippen LogP contribution < -0.4 is 10.9 Å². The Morgan fingerprint density at radius 2 is 1.73 bits per heavy atom. The van der Waals surface area contributed by atoms with Gasteiger partial charge in [0.15, 0.2) is 0 Å². The fourth-order valence-electron chi connectivity index (χ4n) is 3.39. The standard InChI is InChI=1S/C22H19NO3/c24-19(16-7-2-1-3-8-16)14-23-13-17-12-21(25)26-20-11-10-15-6-4-5-9-18(15)22(17)20/h1-12,19,23-24H,13-14H2/p+1/t19-/m0/s1. The highest BCUT2D eigenvalue weighted by Gasteiger charge is 2.13. The maximum Gasteiger partial charge on any atom is 0.336 e. The van der Waals surface area contributed by atoms with Crippen molar-refractivity contribution >= 4 is 21.7 Å². The zero-order valence-electron chi connectivity index (χ0n) is 14.3. The second-order valence-corrected chi connectivity index (χ2v) is 6.41. The molecule has 4 aromatic rings. The van der Waals surface area contributed by atoms with Crippen LogP contribution in [0.1, 0.15) is 17.2 Å². The summed E-state index contributed by atoms with van der Waals surface area (Å²) < 4.78 is 5.39. The van der Waals surface area contributed by atoms with Crippen LogP contribution >= 0.6 is 0 Å². The van der Waals surface area contributed by atoms with Crippen molar-refractivity contribution in [2.24, 2.45) is 0 Å². The Morgan fingerprint density at radius 3 is 2.58 bits per heavy atom. The smallest absolute Gasteiger partial charge is 0.336 e. The molecule has 0 aliphatic carbocycles. The van der Waals surface area contributed by atoms with Crippen molar-refractivity contribution in [1.82, 2.24) is 0 Å². The van der Waals surface area contributed by atoms with Crippen LogP contribution in [0.3, 0.4) is 0 Å². The summed E-state index contributed by atoms with van der Waals surface area (Å²) in [6.07, 6.45) is -0.542. The van der Waals surface area contributed by atoms with Gasteiger partial charge in [0, 0.05) is 17.0 Å². The van der Waals surface area contributed by atoms with Gasteiger partial charge in [-0.3, -0.25) is 0 Å². The summed E-state index contributed by atoms with van der Waals surface area (Å²) in [5.74, 6) is 0. The third-order valence-electron chi connectivity index (χ3n) is 4.65. The van der Waals surface area contributed by atoms with Gasteiger partial charge in [0.05, 0.1) is 0 Å². The van der Waals surface area contributed by atoms with Crippen LogP contribution in [0.2, 0.25) is 0 Å². The number of benzene rings is 3. The van der Waals surface area contributed by atoms with E-state index in [2.05, 4.69) is 0 Å². The van der Waals surface area contributed by atoms with Crippen molar-refractivity contribution in [3.63, 3.8) is 0 Å². The Hall–Kier alpha value is -2.95. The lowest BCUT2D eigenvalue weighted by Gasteiger charge is -2.11. The van der Waals surface area contributed by atoms with Crippen molar-refractivity contribution < 1.29 is 14.8 Å². The quantitative estimate of drug-likeness (QED) is 0.431. The first-order valence-electron chi connectivity index (χ1n) is 8.71. The van der Waals surface area contributed by atoms with Gasteiger partial charge in [0.2, 0.25) is 0 Å². The molecule has 130 valence electrons. The monoisotopic (exact) mass is 346 g/mol. The van der Waals surface area contributed by atoms with E-state index >= 15 is 0 Å². The van der Waals surface area contributed by atoms with E-state index in [-0.39, 0.29) is 5.63 Å². The molecule has 4 nitrogen and oxygen atoms in total. The summed E-state index contributed by atoms with van der Waals surface area (Å²) in [6, 6.07) is 23.0. The van der Waals surface area contributed by atoms with E-state index in [1.54, 1.807) is 6.07 Å². The molecule has 0 spiro atoms. The summed E-state index contributed by atoms with van der Waals surface area (Å²) in [7, 11) is 0. The molecule has 0 aliphatic rings. The van der Waals surface area contributed by atoms with Gasteiger partial charge in [-0.05, 0) is 22.4 Å². The van der Waals surface area contributed by atoms with Crippen molar-refractivity contribution in [2.75, 3.05) is 6.54 Å². The largest absolute Gasteiger partial charge is 0.423 e. The predicted octanol–water partition coefficient (Wildman–Crippen LogP) is 2.74. The Kier molecular flexibility index (Phi) is 4.52. The number of rotatable bonds is 5. The fraction of sp³-hybridized carbons (Fsp3) is 0.136. The van der Waals surface area contributed by atoms with E-state index in [9.17, 15) is 9.90 Å². The maximum atomic E-state index is 11.9. The summed E-state index contributed by atoms with van der Waals surface area (Å²) in [4.78, 5) is 11.9. The van der Waals surface area contributed by atoms with E-state index in [4.69, 9.17) is 4.42 Å². The molecule has 0 unspecified atom stereocenters. The number of quaternary nitrogens is 1. The number of aliphatic hydroxyl groups is 1. The number of hydrogen-bond donors (Lipinski definition) is 2. The molecule has 0 fully saturated rings. The van der Waals surface area contributed by atoms with Crippen molar-refractivity contribution in [3.05, 3.63) is 94.3 Å². The van der Waals surface area contributed by atoms with Crippen molar-refractivity contribution in [3.8, 4) is 0 Å². The minimum absolute atomic E-state index is 0.347. The van der Waals surface area contributed by atoms with Crippen LogP contribution in [-0.4, -0.2) is 11.7 Å². The summed E-state index contributed by atoms with van der Waals surface area (Å²) in [6.45, 7) is 1.12. The number of fused-ring (bicyclic) bond motifs is 3. The Balaban J connectivity index is 1.63. The molecule has 1 atom stereocenters. The van der Waals surface area contributed by atoms with Gasteiger partial charge < -0.3 is 14.8 Å². The highest BCUT2D eigenvalue weighted by molar-refractivity contribution is 6.06. The van der Waals surface area contributed by atoms with Crippen molar-refractivity contribution in [2.45, 2.75) is 12.6 Å². The Labute approximate surface area is 150 Å². The van der Waals surface area contributed by atoms with Crippen LogP contribution in [0.5, 0.6) is 0 Å². The first-order valence-corrected chi connectivity index (χ1v) is 8.71. The molecule has 3 aromatic carbocycles. The molecule has 0 amide bonds. The highest BCUT2D eigenvalue weighted by atomic mass is 16.4. The molecule has 0 aliphatic heterocycles. The summed E-state index contributed by atoms with van der Waals surface area (Å²) in [5.41, 5.74) is 2.07. The molecular weight excluding hydrogens is 326 g/mol. The average Bonchev–Trinajstić information content (AvgIpc) is 2.68. The second-order valence-electron chi connectivity index (χ2n) is 6.41. The van der Waals surface area contributed by atoms with Gasteiger partial charge in [-0.1, -0.05) is 60.7 Å². The predicted molar refractivity (Wildman–Crippen MR) is 102 cm³/mol. The summed E-state index contributed by atoms with van der Waals surface area (Å²) >= 11 is 0. The lowest BCUT2D eigenvalue weighted by Crippen LogP contribution is -2.83. The highest BCUT2D eigenvalue weighted by Crippen LogP contribution is 2.26. The number of hydrogen-bond acceptors (Lipinski definition) is 3. The third kappa shape index (κ3) is 3.25. The first-order chi connectivity index (χ1) is 12.7. The van der Waals surface area contributed by atoms with Crippen LogP contribution in [0.4, 0.5) is 0 Å². The fourth-order valence-corrected chi connectivity index (χ4v) is 3.39. The van der Waals surface area contributed by atoms with Crippen molar-refractivity contribution in [1.29, 1.82) is 0 Å². The lowest BCUT2D eigenvalue weighted by atomic mass is 10.0. The van der Waals surface area contributed by atoms with Gasteiger partial charge in [-0.2, -0.15) is 0 Å². The molecule has 0 radical (unpaired) electrons. The van der Waals surface area contributed by atoms with Gasteiger partial charge in [-0.15, -0.1) is 0 Å². The minimum Gasteiger partial charge on any atom is -0.423 e. The molecule has 3 N–H and O–H groups in total. The Morgan fingerprint density at radius 1 is 0.962 bits per heavy atom. The molecule has 0 saturated carbocycles. The molecule has 1 aromatic heterocycles. The van der Waals surface area contributed by atoms with E-state index in [0.29, 0.717) is 18.7 Å². The van der Waals surface area contributed by atoms with Gasteiger partial charge in [-0.25, -0.2) is 4.79 Å². The first kappa shape index (κ1) is 16.5. The molecule has 4 rings (SSSR count). The molecular formula is C22H20NO3+. The topological polar surface area (TPSA) is 67.0 Å². The van der Waals surface area contributed by atoms with Crippen LogP contribution in [0, 0.1) is 0 Å². The van der Waals surface area contributed by atoms with Crippen LogP contribution in [0.25, 0.3) is 21.7 Å². The second kappa shape index (κ2) is 7.12. The molecule has 4 heteroatoms. The van der Waals surface area contributed by atoms with E-state index in [0.717, 1.165) is 27.3 Å². The van der Waals surface area contributed by atoms with Gasteiger partial charge >= 0.3 is 5.63 Å². The minimum atomic E-state index is -0.542. The SMILES string of the molecule is O=c1cc(C[NH2+]C[C@H](O)c2ccccc2)c2c(ccc3ccccc32)o1. The Bertz CT molecular complexity index is 1100. The third-order valence-corrected chi connectivity index (χ3v) is 4.65. The zero-order valence-corrected chi connectivity index (χ0v) is 14.3. The van der Waals surface area contributed by atoms with Crippen LogP contribution in [-0.2, 0) is 6.54 Å². The normalized spacial score (nSPS) is 12.5. The molecule has 26 heavy (non-hydrogen) atoms. The average molecular weight is 346 g/mol. The molecule has 1 heterocycles. The van der Waals surface area contributed by atoms with E-state index < -0.39 is 6.10 Å². The van der Waals surface area contributed by atoms with E-state index in [1.165, 1.54) is 0 Å². The van der Waals surface area contributed by atoms with Gasteiger partial charge in [0.1, 0.15) is 24.8 Å². The van der Waals surface area contributed by atoms with Crippen LogP contribution in [0.15, 0.2) is 82.0 Å². The van der Waals surface area contributed by atoms with Gasteiger partial charge in [0.25, 0.3) is 0 Å². The zero-order chi connectivity index (χ0) is 17.9. The maximum absolute atomic E-state index is 11.9. The summed E-state index contributed by atoms with van der Waals surface area (Å²) in [5, 5.41) is 15.5. The number of nitrogens with two attached hydrogens (primary N) is 1. The number of aliphatic hydroxyl groups excluding tert-OH is 1. The molecule has 0 saturated heterocycles. The lowest BCUT2D eigenvalue weighted by molar-refractivity contribution is -0.677.